The van der Waals surface area contributed by atoms with Crippen molar-refractivity contribution in [3.8, 4) is 0 Å². The molecule has 2 aromatic rings. The molecule has 0 aromatic heterocycles. The Morgan fingerprint density at radius 3 is 2.43 bits per heavy atom. The maximum absolute atomic E-state index is 13.4. The average Bonchev–Trinajstić information content (AvgIpc) is 2.79. The number of amides is 2. The van der Waals surface area contributed by atoms with E-state index in [-0.39, 0.29) is 24.0 Å². The monoisotopic (exact) mass is 528 g/mol. The van der Waals surface area contributed by atoms with Crippen LogP contribution in [0.5, 0.6) is 0 Å². The molecule has 1 aliphatic heterocycles. The number of halogens is 1. The van der Waals surface area contributed by atoms with E-state index in [4.69, 9.17) is 16.3 Å². The van der Waals surface area contributed by atoms with Gasteiger partial charge in [-0.25, -0.2) is 4.79 Å². The van der Waals surface area contributed by atoms with Crippen molar-refractivity contribution in [1.29, 1.82) is 0 Å². The van der Waals surface area contributed by atoms with Crippen molar-refractivity contribution in [2.45, 2.75) is 58.7 Å². The van der Waals surface area contributed by atoms with Gasteiger partial charge in [-0.2, -0.15) is 0 Å². The molecule has 0 atom stereocenters. The molecule has 2 amide bonds. The van der Waals surface area contributed by atoms with E-state index < -0.39 is 5.60 Å². The van der Waals surface area contributed by atoms with Gasteiger partial charge < -0.3 is 24.8 Å². The number of benzene rings is 2. The number of carbonyl (C=O) groups is 2. The maximum Gasteiger partial charge on any atom is 0.410 e. The molecule has 202 valence electrons. The second-order valence-electron chi connectivity index (χ2n) is 11.6. The number of rotatable bonds is 8. The summed E-state index contributed by atoms with van der Waals surface area (Å²) in [5, 5.41) is 4.02. The Morgan fingerprint density at radius 2 is 1.78 bits per heavy atom. The minimum absolute atomic E-state index is 0.0153. The zero-order valence-electron chi connectivity index (χ0n) is 23.2. The van der Waals surface area contributed by atoms with Crippen LogP contribution in [0.2, 0.25) is 5.02 Å². The molecule has 0 saturated heterocycles. The summed E-state index contributed by atoms with van der Waals surface area (Å²) in [6.45, 7) is 12.8. The molecule has 2 aromatic carbocycles. The summed E-state index contributed by atoms with van der Waals surface area (Å²) in [5.74, 6) is -0.0153. The van der Waals surface area contributed by atoms with Crippen LogP contribution in [0.4, 0.5) is 10.5 Å². The summed E-state index contributed by atoms with van der Waals surface area (Å²) in [7, 11) is 3.98. The topological polar surface area (TPSA) is 65.1 Å². The highest BCUT2D eigenvalue weighted by molar-refractivity contribution is 6.31. The lowest BCUT2D eigenvalue weighted by molar-refractivity contribution is -0.130. The van der Waals surface area contributed by atoms with E-state index in [2.05, 4.69) is 30.1 Å². The van der Waals surface area contributed by atoms with Crippen LogP contribution >= 0.6 is 11.6 Å². The molecule has 8 heteroatoms. The third kappa shape index (κ3) is 7.86. The second kappa shape index (κ2) is 11.7. The highest BCUT2D eigenvalue weighted by atomic mass is 35.5. The lowest BCUT2D eigenvalue weighted by Crippen LogP contribution is -2.47. The SMILES string of the molecule is CN(C)CCN(Cc1ccccc1Cl)C(=O)CNc1cccc2c1CN(C(=O)OC(C)(C)C)CC2(C)C. The van der Waals surface area contributed by atoms with Gasteiger partial charge in [0.25, 0.3) is 0 Å². The van der Waals surface area contributed by atoms with Gasteiger partial charge in [-0.05, 0) is 63.7 Å². The van der Waals surface area contributed by atoms with Gasteiger partial charge in [-0.15, -0.1) is 0 Å². The molecule has 0 saturated carbocycles. The zero-order chi connectivity index (χ0) is 27.4. The van der Waals surface area contributed by atoms with Crippen molar-refractivity contribution in [3.63, 3.8) is 0 Å². The van der Waals surface area contributed by atoms with Crippen molar-refractivity contribution in [2.75, 3.05) is 45.6 Å². The Morgan fingerprint density at radius 1 is 1.08 bits per heavy atom. The predicted octanol–water partition coefficient (Wildman–Crippen LogP) is 5.37. The molecule has 1 N–H and O–H groups in total. The zero-order valence-corrected chi connectivity index (χ0v) is 24.0. The van der Waals surface area contributed by atoms with Gasteiger partial charge in [0.2, 0.25) is 5.91 Å². The van der Waals surface area contributed by atoms with Crippen LogP contribution in [-0.4, -0.2) is 72.6 Å². The highest BCUT2D eigenvalue weighted by Crippen LogP contribution is 2.37. The third-order valence-electron chi connectivity index (χ3n) is 6.41. The van der Waals surface area contributed by atoms with Crippen molar-refractivity contribution in [2.24, 2.45) is 0 Å². The predicted molar refractivity (Wildman–Crippen MR) is 150 cm³/mol. The maximum atomic E-state index is 13.4. The summed E-state index contributed by atoms with van der Waals surface area (Å²) in [5.41, 5.74) is 3.14. The van der Waals surface area contributed by atoms with Gasteiger partial charge in [0.15, 0.2) is 0 Å². The van der Waals surface area contributed by atoms with E-state index in [0.29, 0.717) is 31.2 Å². The number of likely N-dealkylation sites (N-methyl/N-ethyl adjacent to an activating group) is 1. The van der Waals surface area contributed by atoms with E-state index >= 15 is 0 Å². The van der Waals surface area contributed by atoms with E-state index in [9.17, 15) is 9.59 Å². The Bertz CT molecular complexity index is 1110. The number of anilines is 1. The highest BCUT2D eigenvalue weighted by Gasteiger charge is 2.36. The number of hydrogen-bond donors (Lipinski definition) is 1. The fourth-order valence-electron chi connectivity index (χ4n) is 4.55. The third-order valence-corrected chi connectivity index (χ3v) is 6.78. The molecule has 0 bridgehead atoms. The molecular weight excluding hydrogens is 488 g/mol. The van der Waals surface area contributed by atoms with Crippen LogP contribution in [-0.2, 0) is 28.0 Å². The van der Waals surface area contributed by atoms with Gasteiger partial charge in [0.1, 0.15) is 5.60 Å². The lowest BCUT2D eigenvalue weighted by atomic mass is 9.78. The molecule has 1 heterocycles. The lowest BCUT2D eigenvalue weighted by Gasteiger charge is -2.41. The van der Waals surface area contributed by atoms with Crippen LogP contribution in [0.25, 0.3) is 0 Å². The molecule has 7 nitrogen and oxygen atoms in total. The van der Waals surface area contributed by atoms with Crippen molar-refractivity contribution < 1.29 is 14.3 Å². The Balaban J connectivity index is 1.79. The summed E-state index contributed by atoms with van der Waals surface area (Å²) in [6, 6.07) is 13.7. The minimum atomic E-state index is -0.566. The Kier molecular flexibility index (Phi) is 9.13. The van der Waals surface area contributed by atoms with Crippen LogP contribution in [0.3, 0.4) is 0 Å². The standard InChI is InChI=1S/C29H41ClN4O3/c1-28(2,3)37-27(36)34-19-22-23(29(4,5)20-34)12-10-14-25(22)31-17-26(35)33(16-15-32(6)7)18-21-11-8-9-13-24(21)30/h8-14,31H,15-20H2,1-7H3. The molecule has 0 radical (unpaired) electrons. The van der Waals surface area contributed by atoms with Gasteiger partial charge >= 0.3 is 6.09 Å². The molecule has 37 heavy (non-hydrogen) atoms. The van der Waals surface area contributed by atoms with E-state index in [0.717, 1.165) is 23.4 Å². The molecular formula is C29H41ClN4O3. The fourth-order valence-corrected chi connectivity index (χ4v) is 4.74. The molecule has 0 aliphatic carbocycles. The van der Waals surface area contributed by atoms with Gasteiger partial charge in [0.05, 0.1) is 13.1 Å². The Hall–Kier alpha value is -2.77. The van der Waals surface area contributed by atoms with Crippen LogP contribution in [0, 0.1) is 0 Å². The first-order chi connectivity index (χ1) is 17.3. The quantitative estimate of drug-likeness (QED) is 0.499. The fraction of sp³-hybridized carbons (Fsp3) is 0.517. The number of hydrogen-bond acceptors (Lipinski definition) is 5. The second-order valence-corrected chi connectivity index (χ2v) is 12.0. The van der Waals surface area contributed by atoms with E-state index in [1.807, 2.05) is 76.2 Å². The summed E-state index contributed by atoms with van der Waals surface area (Å²) >= 11 is 6.39. The molecule has 0 unspecified atom stereocenters. The normalized spacial score (nSPS) is 14.8. The molecule has 0 spiro atoms. The first-order valence-electron chi connectivity index (χ1n) is 12.8. The van der Waals surface area contributed by atoms with E-state index in [1.165, 1.54) is 5.56 Å². The molecule has 3 rings (SSSR count). The average molecular weight is 529 g/mol. The van der Waals surface area contributed by atoms with Crippen molar-refractivity contribution in [3.05, 3.63) is 64.2 Å². The Labute approximate surface area is 226 Å². The summed E-state index contributed by atoms with van der Waals surface area (Å²) < 4.78 is 5.66. The smallest absolute Gasteiger partial charge is 0.410 e. The number of nitrogens with one attached hydrogen (secondary N) is 1. The number of nitrogens with zero attached hydrogens (tertiary/aromatic N) is 3. The largest absolute Gasteiger partial charge is 0.444 e. The van der Waals surface area contributed by atoms with Crippen LogP contribution < -0.4 is 5.32 Å². The summed E-state index contributed by atoms with van der Waals surface area (Å²) in [6.07, 6.45) is -0.327. The van der Waals surface area contributed by atoms with Gasteiger partial charge in [-0.3, -0.25) is 4.79 Å². The number of fused-ring (bicyclic) bond motifs is 1. The van der Waals surface area contributed by atoms with Gasteiger partial charge in [0, 0.05) is 42.3 Å². The van der Waals surface area contributed by atoms with Gasteiger partial charge in [-0.1, -0.05) is 55.8 Å². The van der Waals surface area contributed by atoms with Crippen molar-refractivity contribution in [1.82, 2.24) is 14.7 Å². The van der Waals surface area contributed by atoms with Crippen LogP contribution in [0.15, 0.2) is 42.5 Å². The first kappa shape index (κ1) is 28.8. The summed E-state index contributed by atoms with van der Waals surface area (Å²) in [4.78, 5) is 31.9. The number of ether oxygens (including phenoxy) is 1. The van der Waals surface area contributed by atoms with Crippen LogP contribution in [0.1, 0.15) is 51.3 Å². The number of carbonyl (C=O) groups excluding carboxylic acids is 2. The molecule has 0 fully saturated rings. The molecule has 1 aliphatic rings. The minimum Gasteiger partial charge on any atom is -0.444 e. The van der Waals surface area contributed by atoms with E-state index in [1.54, 1.807) is 4.90 Å². The first-order valence-corrected chi connectivity index (χ1v) is 13.1. The van der Waals surface area contributed by atoms with Crippen molar-refractivity contribution >= 4 is 29.3 Å².